The Labute approximate surface area is 130 Å². The van der Waals surface area contributed by atoms with Crippen LogP contribution in [0.25, 0.3) is 0 Å². The van der Waals surface area contributed by atoms with E-state index in [4.69, 9.17) is 0 Å². The maximum Gasteiger partial charge on any atom is 0.0661 e. The maximum absolute atomic E-state index is 9.94. The Bertz CT molecular complexity index is 441. The molecule has 1 saturated carbocycles. The van der Waals surface area contributed by atoms with Gasteiger partial charge < -0.3 is 10.4 Å². The van der Waals surface area contributed by atoms with Crippen molar-refractivity contribution in [3.8, 4) is 0 Å². The van der Waals surface area contributed by atoms with Crippen molar-refractivity contribution in [2.75, 3.05) is 11.9 Å². The largest absolute Gasteiger partial charge is 0.394 e. The van der Waals surface area contributed by atoms with Gasteiger partial charge in [0.25, 0.3) is 0 Å². The second-order valence-corrected chi connectivity index (χ2v) is 7.55. The van der Waals surface area contributed by atoms with E-state index in [1.54, 1.807) is 0 Å². The third-order valence-electron chi connectivity index (χ3n) is 5.72. The molecule has 0 unspecified atom stereocenters. The maximum atomic E-state index is 9.94. The molecule has 0 heterocycles. The molecule has 0 amide bonds. The zero-order valence-electron chi connectivity index (χ0n) is 14.1. The summed E-state index contributed by atoms with van der Waals surface area (Å²) in [6.07, 6.45) is 5.77. The first kappa shape index (κ1) is 16.4. The lowest BCUT2D eigenvalue weighted by molar-refractivity contribution is 0.0921. The van der Waals surface area contributed by atoms with Crippen molar-refractivity contribution in [1.29, 1.82) is 0 Å². The average Bonchev–Trinajstić information content (AvgIpc) is 2.50. The topological polar surface area (TPSA) is 32.3 Å². The van der Waals surface area contributed by atoms with Crippen LogP contribution in [0.3, 0.4) is 0 Å². The van der Waals surface area contributed by atoms with E-state index in [1.807, 2.05) is 0 Å². The average molecular weight is 289 g/mol. The highest BCUT2D eigenvalue weighted by Gasteiger charge is 2.39. The predicted octanol–water partition coefficient (Wildman–Crippen LogP) is 4.76. The Balaban J connectivity index is 2.03. The van der Waals surface area contributed by atoms with Crippen molar-refractivity contribution >= 4 is 5.69 Å². The van der Waals surface area contributed by atoms with Gasteiger partial charge >= 0.3 is 0 Å². The van der Waals surface area contributed by atoms with Gasteiger partial charge in [0.05, 0.1) is 12.1 Å². The van der Waals surface area contributed by atoms with Gasteiger partial charge in [0.1, 0.15) is 0 Å². The molecule has 1 aliphatic rings. The number of hydrogen-bond acceptors (Lipinski definition) is 2. The van der Waals surface area contributed by atoms with Gasteiger partial charge in [-0.15, -0.1) is 0 Å². The normalized spacial score (nSPS) is 26.6. The summed E-state index contributed by atoms with van der Waals surface area (Å²) in [5.74, 6) is 0.780. The molecule has 1 fully saturated rings. The van der Waals surface area contributed by atoms with Crippen molar-refractivity contribution in [2.45, 2.75) is 65.3 Å². The van der Waals surface area contributed by atoms with E-state index in [9.17, 15) is 5.11 Å². The Hall–Kier alpha value is -1.02. The van der Waals surface area contributed by atoms with Gasteiger partial charge in [-0.25, -0.2) is 0 Å². The highest BCUT2D eigenvalue weighted by molar-refractivity contribution is 5.47. The van der Waals surface area contributed by atoms with E-state index < -0.39 is 0 Å². The lowest BCUT2D eigenvalue weighted by Gasteiger charge is -2.45. The summed E-state index contributed by atoms with van der Waals surface area (Å²) in [6.45, 7) is 9.39. The molecule has 0 bridgehead atoms. The number of hydrogen-bond donors (Lipinski definition) is 2. The third kappa shape index (κ3) is 3.79. The molecule has 0 aliphatic heterocycles. The smallest absolute Gasteiger partial charge is 0.0661 e. The summed E-state index contributed by atoms with van der Waals surface area (Å²) in [5.41, 5.74) is 2.69. The standard InChI is InChI=1S/C19H31NO/c1-5-18(3,4)16-10-12-19(14-21,13-11-16)20-17-8-6-15(2)7-9-17/h6-9,16,20-21H,5,10-14H2,1-4H3. The van der Waals surface area contributed by atoms with Gasteiger partial charge in [-0.05, 0) is 56.1 Å². The van der Waals surface area contributed by atoms with Gasteiger partial charge in [0.15, 0.2) is 0 Å². The zero-order valence-corrected chi connectivity index (χ0v) is 14.1. The van der Waals surface area contributed by atoms with Crippen LogP contribution in [0.4, 0.5) is 5.69 Å². The summed E-state index contributed by atoms with van der Waals surface area (Å²) in [5, 5.41) is 13.6. The second kappa shape index (κ2) is 6.39. The van der Waals surface area contributed by atoms with E-state index in [1.165, 1.54) is 24.8 Å². The first-order valence-corrected chi connectivity index (χ1v) is 8.36. The van der Waals surface area contributed by atoms with Crippen LogP contribution in [0.5, 0.6) is 0 Å². The molecule has 21 heavy (non-hydrogen) atoms. The quantitative estimate of drug-likeness (QED) is 0.818. The number of rotatable bonds is 5. The molecule has 0 saturated heterocycles. The minimum atomic E-state index is -0.129. The Kier molecular flexibility index (Phi) is 4.98. The van der Waals surface area contributed by atoms with Gasteiger partial charge in [0, 0.05) is 5.69 Å². The summed E-state index contributed by atoms with van der Waals surface area (Å²) >= 11 is 0. The van der Waals surface area contributed by atoms with Crippen molar-refractivity contribution in [1.82, 2.24) is 0 Å². The molecular formula is C19H31NO. The van der Waals surface area contributed by atoms with Crippen LogP contribution < -0.4 is 5.32 Å². The summed E-state index contributed by atoms with van der Waals surface area (Å²) < 4.78 is 0. The molecule has 2 rings (SSSR count). The number of aliphatic hydroxyl groups is 1. The molecule has 2 N–H and O–H groups in total. The lowest BCUT2D eigenvalue weighted by atomic mass is 9.65. The highest BCUT2D eigenvalue weighted by Crippen LogP contribution is 2.44. The SMILES string of the molecule is CCC(C)(C)C1CCC(CO)(Nc2ccc(C)cc2)CC1. The van der Waals surface area contributed by atoms with Crippen LogP contribution in [0.15, 0.2) is 24.3 Å². The number of aryl methyl sites for hydroxylation is 1. The Morgan fingerprint density at radius 3 is 2.24 bits per heavy atom. The van der Waals surface area contributed by atoms with Crippen LogP contribution in [-0.2, 0) is 0 Å². The number of benzene rings is 1. The predicted molar refractivity (Wildman–Crippen MR) is 90.6 cm³/mol. The minimum Gasteiger partial charge on any atom is -0.394 e. The third-order valence-corrected chi connectivity index (χ3v) is 5.72. The van der Waals surface area contributed by atoms with E-state index in [0.29, 0.717) is 5.41 Å². The van der Waals surface area contributed by atoms with Crippen LogP contribution in [-0.4, -0.2) is 17.3 Å². The van der Waals surface area contributed by atoms with Gasteiger partial charge in [-0.3, -0.25) is 0 Å². The fourth-order valence-corrected chi connectivity index (χ4v) is 3.51. The zero-order chi connectivity index (χ0) is 15.5. The number of anilines is 1. The Morgan fingerprint density at radius 1 is 1.19 bits per heavy atom. The van der Waals surface area contributed by atoms with Gasteiger partial charge in [0.2, 0.25) is 0 Å². The molecule has 0 aromatic heterocycles. The first-order chi connectivity index (χ1) is 9.91. The molecule has 0 spiro atoms. The second-order valence-electron chi connectivity index (χ2n) is 7.55. The molecule has 118 valence electrons. The molecule has 1 aromatic rings. The van der Waals surface area contributed by atoms with Crippen LogP contribution in [0.1, 0.15) is 58.4 Å². The Morgan fingerprint density at radius 2 is 1.76 bits per heavy atom. The summed E-state index contributed by atoms with van der Waals surface area (Å²) in [7, 11) is 0. The molecule has 1 aromatic carbocycles. The van der Waals surface area contributed by atoms with Crippen molar-refractivity contribution in [3.63, 3.8) is 0 Å². The molecular weight excluding hydrogens is 258 g/mol. The lowest BCUT2D eigenvalue weighted by Crippen LogP contribution is -2.47. The highest BCUT2D eigenvalue weighted by atomic mass is 16.3. The number of nitrogens with one attached hydrogen (secondary N) is 1. The van der Waals surface area contributed by atoms with E-state index >= 15 is 0 Å². The van der Waals surface area contributed by atoms with Crippen molar-refractivity contribution in [3.05, 3.63) is 29.8 Å². The van der Waals surface area contributed by atoms with E-state index in [0.717, 1.165) is 24.4 Å². The molecule has 2 nitrogen and oxygen atoms in total. The summed E-state index contributed by atoms with van der Waals surface area (Å²) in [4.78, 5) is 0. The van der Waals surface area contributed by atoms with Crippen LogP contribution >= 0.6 is 0 Å². The van der Waals surface area contributed by atoms with E-state index in [2.05, 4.69) is 57.3 Å². The van der Waals surface area contributed by atoms with Crippen molar-refractivity contribution in [2.24, 2.45) is 11.3 Å². The first-order valence-electron chi connectivity index (χ1n) is 8.36. The van der Waals surface area contributed by atoms with Crippen LogP contribution in [0.2, 0.25) is 0 Å². The fourth-order valence-electron chi connectivity index (χ4n) is 3.51. The molecule has 0 radical (unpaired) electrons. The summed E-state index contributed by atoms with van der Waals surface area (Å²) in [6, 6.07) is 8.49. The monoisotopic (exact) mass is 289 g/mol. The minimum absolute atomic E-state index is 0.129. The number of aliphatic hydroxyl groups excluding tert-OH is 1. The molecule has 1 aliphatic carbocycles. The van der Waals surface area contributed by atoms with E-state index in [-0.39, 0.29) is 12.1 Å². The molecule has 2 heteroatoms. The van der Waals surface area contributed by atoms with Crippen molar-refractivity contribution < 1.29 is 5.11 Å². The van der Waals surface area contributed by atoms with Gasteiger partial charge in [-0.1, -0.05) is 44.9 Å². The van der Waals surface area contributed by atoms with Gasteiger partial charge in [-0.2, -0.15) is 0 Å². The van der Waals surface area contributed by atoms with Crippen LogP contribution in [0, 0.1) is 18.3 Å². The molecule has 0 atom stereocenters. The fraction of sp³-hybridized carbons (Fsp3) is 0.684.